The number of nitrogens with one attached hydrogen (secondary N) is 1. The number of nitrogens with zero attached hydrogens (tertiary/aromatic N) is 1. The van der Waals surface area contributed by atoms with Crippen LogP contribution in [0.25, 0.3) is 0 Å². The number of ether oxygens (including phenoxy) is 2. The molecule has 3 rings (SSSR count). The van der Waals surface area contributed by atoms with Crippen molar-refractivity contribution in [2.45, 2.75) is 46.2 Å². The van der Waals surface area contributed by atoms with Gasteiger partial charge in [-0.05, 0) is 60.7 Å². The smallest absolute Gasteiger partial charge is 0.251 e. The standard InChI is InChI=1S/C25H34N2O3/c1-7-27-13-12-18-14-21(29-5)22(30-6)15-20(18)24(27)23(16(2)3)26-25(28)19-11-9-8-10-17(19)4/h8-11,14-16,23-24H,7,12-13H2,1-6H3,(H,26,28)/t23-,24-/m1/s1. The van der Waals surface area contributed by atoms with Gasteiger partial charge in [-0.25, -0.2) is 0 Å². The molecule has 1 aliphatic rings. The zero-order valence-corrected chi connectivity index (χ0v) is 19.0. The maximum absolute atomic E-state index is 13.2. The maximum atomic E-state index is 13.2. The highest BCUT2D eigenvalue weighted by Gasteiger charge is 2.36. The molecule has 2 aromatic rings. The van der Waals surface area contributed by atoms with Crippen LogP contribution < -0.4 is 14.8 Å². The highest BCUT2D eigenvalue weighted by atomic mass is 16.5. The Morgan fingerprint density at radius 3 is 2.43 bits per heavy atom. The molecule has 0 fully saturated rings. The van der Waals surface area contributed by atoms with Crippen molar-refractivity contribution in [1.82, 2.24) is 10.2 Å². The molecular weight excluding hydrogens is 376 g/mol. The first-order valence-electron chi connectivity index (χ1n) is 10.8. The van der Waals surface area contributed by atoms with E-state index in [1.54, 1.807) is 14.2 Å². The van der Waals surface area contributed by atoms with Crippen molar-refractivity contribution in [1.29, 1.82) is 0 Å². The Morgan fingerprint density at radius 1 is 1.17 bits per heavy atom. The van der Waals surface area contributed by atoms with E-state index in [0.29, 0.717) is 0 Å². The van der Waals surface area contributed by atoms with Crippen molar-refractivity contribution in [3.8, 4) is 11.5 Å². The van der Waals surface area contributed by atoms with E-state index < -0.39 is 0 Å². The largest absolute Gasteiger partial charge is 0.493 e. The molecule has 0 radical (unpaired) electrons. The fraction of sp³-hybridized carbons (Fsp3) is 0.480. The predicted molar refractivity (Wildman–Crippen MR) is 121 cm³/mol. The van der Waals surface area contributed by atoms with E-state index in [1.165, 1.54) is 11.1 Å². The summed E-state index contributed by atoms with van der Waals surface area (Å²) >= 11 is 0. The third-order valence-electron chi connectivity index (χ3n) is 6.18. The number of rotatable bonds is 7. The molecule has 30 heavy (non-hydrogen) atoms. The summed E-state index contributed by atoms with van der Waals surface area (Å²) in [7, 11) is 3.34. The first kappa shape index (κ1) is 22.2. The molecule has 5 nitrogen and oxygen atoms in total. The van der Waals surface area contributed by atoms with Gasteiger partial charge in [0.15, 0.2) is 11.5 Å². The van der Waals surface area contributed by atoms with Crippen molar-refractivity contribution >= 4 is 5.91 Å². The Bertz CT molecular complexity index is 894. The molecule has 0 aromatic heterocycles. The van der Waals surface area contributed by atoms with Crippen LogP contribution >= 0.6 is 0 Å². The summed E-state index contributed by atoms with van der Waals surface area (Å²) in [6.07, 6.45) is 0.955. The number of methoxy groups -OCH3 is 2. The van der Waals surface area contributed by atoms with E-state index in [1.807, 2.05) is 31.2 Å². The van der Waals surface area contributed by atoms with E-state index in [4.69, 9.17) is 9.47 Å². The quantitative estimate of drug-likeness (QED) is 0.736. The first-order valence-corrected chi connectivity index (χ1v) is 10.8. The minimum atomic E-state index is -0.0331. The summed E-state index contributed by atoms with van der Waals surface area (Å²) in [5.41, 5.74) is 4.19. The molecule has 0 saturated heterocycles. The Labute approximate surface area is 180 Å². The Kier molecular flexibility index (Phi) is 7.03. The maximum Gasteiger partial charge on any atom is 0.251 e. The van der Waals surface area contributed by atoms with Gasteiger partial charge in [0.2, 0.25) is 0 Å². The summed E-state index contributed by atoms with van der Waals surface area (Å²) < 4.78 is 11.1. The molecule has 5 heteroatoms. The van der Waals surface area contributed by atoms with Gasteiger partial charge in [0.25, 0.3) is 5.91 Å². The van der Waals surface area contributed by atoms with Gasteiger partial charge in [-0.1, -0.05) is 39.0 Å². The third kappa shape index (κ3) is 4.31. The topological polar surface area (TPSA) is 50.8 Å². The van der Waals surface area contributed by atoms with Gasteiger partial charge in [-0.15, -0.1) is 0 Å². The normalized spacial score (nSPS) is 17.4. The van der Waals surface area contributed by atoms with E-state index in [9.17, 15) is 4.79 Å². The van der Waals surface area contributed by atoms with Crippen LogP contribution in [-0.4, -0.2) is 44.2 Å². The molecule has 1 heterocycles. The van der Waals surface area contributed by atoms with Crippen LogP contribution in [0.1, 0.15) is 53.9 Å². The molecule has 1 amide bonds. The average Bonchev–Trinajstić information content (AvgIpc) is 2.75. The second-order valence-electron chi connectivity index (χ2n) is 8.29. The molecule has 1 N–H and O–H groups in total. The Hall–Kier alpha value is -2.53. The second kappa shape index (κ2) is 9.52. The van der Waals surface area contributed by atoms with Crippen molar-refractivity contribution < 1.29 is 14.3 Å². The first-order chi connectivity index (χ1) is 14.4. The van der Waals surface area contributed by atoms with Crippen LogP contribution in [0.3, 0.4) is 0 Å². The van der Waals surface area contributed by atoms with Crippen LogP contribution in [0.4, 0.5) is 0 Å². The fourth-order valence-corrected chi connectivity index (χ4v) is 4.47. The highest BCUT2D eigenvalue weighted by molar-refractivity contribution is 5.95. The summed E-state index contributed by atoms with van der Waals surface area (Å²) in [6.45, 7) is 10.4. The predicted octanol–water partition coefficient (Wildman–Crippen LogP) is 4.39. The highest BCUT2D eigenvalue weighted by Crippen LogP contribution is 2.40. The van der Waals surface area contributed by atoms with Crippen molar-refractivity contribution in [3.05, 3.63) is 58.7 Å². The van der Waals surface area contributed by atoms with Gasteiger partial charge in [0, 0.05) is 12.1 Å². The molecule has 2 aromatic carbocycles. The van der Waals surface area contributed by atoms with E-state index >= 15 is 0 Å². The summed E-state index contributed by atoms with van der Waals surface area (Å²) in [5.74, 6) is 1.73. The van der Waals surface area contributed by atoms with Crippen LogP contribution in [0, 0.1) is 12.8 Å². The lowest BCUT2D eigenvalue weighted by atomic mass is 9.83. The van der Waals surface area contributed by atoms with Crippen LogP contribution in [-0.2, 0) is 6.42 Å². The molecule has 0 aliphatic carbocycles. The summed E-state index contributed by atoms with van der Waals surface area (Å²) in [5, 5.41) is 3.36. The lowest BCUT2D eigenvalue weighted by Gasteiger charge is -2.43. The summed E-state index contributed by atoms with van der Waals surface area (Å²) in [6, 6.07) is 12.0. The molecule has 0 bridgehead atoms. The number of benzene rings is 2. The van der Waals surface area contributed by atoms with Crippen LogP contribution in [0.15, 0.2) is 36.4 Å². The molecular formula is C25H34N2O3. The summed E-state index contributed by atoms with van der Waals surface area (Å²) in [4.78, 5) is 15.6. The number of hydrogen-bond acceptors (Lipinski definition) is 4. The van der Waals surface area contributed by atoms with E-state index in [2.05, 4.69) is 43.1 Å². The molecule has 0 saturated carbocycles. The van der Waals surface area contributed by atoms with Crippen molar-refractivity contribution in [3.63, 3.8) is 0 Å². The Morgan fingerprint density at radius 2 is 1.83 bits per heavy atom. The fourth-order valence-electron chi connectivity index (χ4n) is 4.47. The molecule has 162 valence electrons. The van der Waals surface area contributed by atoms with Crippen LogP contribution in [0.2, 0.25) is 0 Å². The third-order valence-corrected chi connectivity index (χ3v) is 6.18. The zero-order valence-electron chi connectivity index (χ0n) is 19.0. The lowest BCUT2D eigenvalue weighted by molar-refractivity contribution is 0.0833. The monoisotopic (exact) mass is 410 g/mol. The van der Waals surface area contributed by atoms with Gasteiger partial charge in [0.05, 0.1) is 26.3 Å². The van der Waals surface area contributed by atoms with E-state index in [-0.39, 0.29) is 23.9 Å². The van der Waals surface area contributed by atoms with E-state index in [0.717, 1.165) is 42.1 Å². The molecule has 1 aliphatic heterocycles. The van der Waals surface area contributed by atoms with Crippen LogP contribution in [0.5, 0.6) is 11.5 Å². The number of amides is 1. The molecule has 2 atom stereocenters. The van der Waals surface area contributed by atoms with Crippen molar-refractivity contribution in [2.75, 3.05) is 27.3 Å². The van der Waals surface area contributed by atoms with Gasteiger partial charge >= 0.3 is 0 Å². The van der Waals surface area contributed by atoms with Gasteiger partial charge in [-0.2, -0.15) is 0 Å². The van der Waals surface area contributed by atoms with Gasteiger partial charge in [-0.3, -0.25) is 9.69 Å². The van der Waals surface area contributed by atoms with Crippen molar-refractivity contribution in [2.24, 2.45) is 5.92 Å². The minimum Gasteiger partial charge on any atom is -0.493 e. The van der Waals surface area contributed by atoms with Gasteiger partial charge in [0.1, 0.15) is 0 Å². The number of carbonyl (C=O) groups excluding carboxylic acids is 1. The number of hydrogen-bond donors (Lipinski definition) is 1. The average molecular weight is 411 g/mol. The minimum absolute atomic E-state index is 0.0181. The number of carbonyl (C=O) groups is 1. The second-order valence-corrected chi connectivity index (χ2v) is 8.29. The Balaban J connectivity index is 2.02. The zero-order chi connectivity index (χ0) is 21.8. The van der Waals surface area contributed by atoms with Gasteiger partial charge < -0.3 is 14.8 Å². The molecule has 0 spiro atoms. The number of fused-ring (bicyclic) bond motifs is 1. The number of likely N-dealkylation sites (N-methyl/N-ethyl adjacent to an activating group) is 1. The lowest BCUT2D eigenvalue weighted by Crippen LogP contribution is -2.51. The molecule has 0 unspecified atom stereocenters. The SMILES string of the molecule is CCN1CCc2cc(OC)c(OC)cc2[C@@H]1[C@H](NC(=O)c1ccccc1C)C(C)C. The number of aryl methyl sites for hydroxylation is 1.